The number of benzene rings is 2. The van der Waals surface area contributed by atoms with Crippen LogP contribution in [0.25, 0.3) is 0 Å². The largest absolute Gasteiger partial charge is 0.481 e. The molecule has 1 atom stereocenters. The maximum atomic E-state index is 12.5. The fraction of sp³-hybridized carbons (Fsp3) is 0.409. The number of aryl methyl sites for hydroxylation is 1. The molecule has 0 aliphatic carbocycles. The van der Waals surface area contributed by atoms with Gasteiger partial charge in [-0.25, -0.2) is 0 Å². The summed E-state index contributed by atoms with van der Waals surface area (Å²) in [5.41, 5.74) is 3.39. The van der Waals surface area contributed by atoms with Crippen LogP contribution in [0.3, 0.4) is 0 Å². The smallest absolute Gasteiger partial charge is 0.265 e. The molecule has 0 saturated carbocycles. The molecule has 0 heterocycles. The number of hydrogen-bond donors (Lipinski definition) is 1. The van der Waals surface area contributed by atoms with E-state index in [0.29, 0.717) is 6.42 Å². The van der Waals surface area contributed by atoms with Crippen LogP contribution in [0, 0.1) is 0 Å². The molecule has 2 aromatic rings. The summed E-state index contributed by atoms with van der Waals surface area (Å²) < 4.78 is 5.90. The van der Waals surface area contributed by atoms with E-state index in [1.165, 1.54) is 11.1 Å². The molecule has 0 bridgehead atoms. The van der Waals surface area contributed by atoms with E-state index in [-0.39, 0.29) is 11.3 Å². The second-order valence-corrected chi connectivity index (χ2v) is 7.33. The first-order valence-electron chi connectivity index (χ1n) is 9.00. The molecule has 0 spiro atoms. The SMILES string of the molecule is CCc1ccc(NC(=O)[C@H](CC)Oc2ccc(C(C)(C)C)cc2)cc1. The third-order valence-corrected chi connectivity index (χ3v) is 4.29. The molecule has 0 fully saturated rings. The van der Waals surface area contributed by atoms with E-state index in [1.807, 2.05) is 43.3 Å². The Kier molecular flexibility index (Phi) is 6.24. The Morgan fingerprint density at radius 2 is 1.60 bits per heavy atom. The fourth-order valence-electron chi connectivity index (χ4n) is 2.57. The summed E-state index contributed by atoms with van der Waals surface area (Å²) in [6.07, 6.45) is 1.09. The number of rotatable bonds is 6. The zero-order valence-corrected chi connectivity index (χ0v) is 15.9. The van der Waals surface area contributed by atoms with Gasteiger partial charge in [-0.2, -0.15) is 0 Å². The van der Waals surface area contributed by atoms with Crippen LogP contribution in [0.4, 0.5) is 5.69 Å². The number of carbonyl (C=O) groups is 1. The van der Waals surface area contributed by atoms with E-state index in [2.05, 4.69) is 45.1 Å². The molecular formula is C22H29NO2. The van der Waals surface area contributed by atoms with E-state index in [9.17, 15) is 4.79 Å². The van der Waals surface area contributed by atoms with Crippen LogP contribution in [0.15, 0.2) is 48.5 Å². The second kappa shape index (κ2) is 8.19. The molecular weight excluding hydrogens is 310 g/mol. The molecule has 0 aliphatic heterocycles. The van der Waals surface area contributed by atoms with Crippen molar-refractivity contribution in [2.24, 2.45) is 0 Å². The first-order chi connectivity index (χ1) is 11.8. The molecule has 3 nitrogen and oxygen atoms in total. The summed E-state index contributed by atoms with van der Waals surface area (Å²) in [7, 11) is 0. The monoisotopic (exact) mass is 339 g/mol. The van der Waals surface area contributed by atoms with Crippen molar-refractivity contribution in [1.82, 2.24) is 0 Å². The number of hydrogen-bond acceptors (Lipinski definition) is 2. The molecule has 2 rings (SSSR count). The van der Waals surface area contributed by atoms with E-state index in [0.717, 1.165) is 17.9 Å². The van der Waals surface area contributed by atoms with Crippen LogP contribution in [0.2, 0.25) is 0 Å². The predicted octanol–water partition coefficient (Wildman–Crippen LogP) is 5.34. The summed E-state index contributed by atoms with van der Waals surface area (Å²) in [6.45, 7) is 10.6. The molecule has 0 radical (unpaired) electrons. The summed E-state index contributed by atoms with van der Waals surface area (Å²) in [5, 5.41) is 2.94. The van der Waals surface area contributed by atoms with Crippen LogP contribution in [-0.4, -0.2) is 12.0 Å². The van der Waals surface area contributed by atoms with Gasteiger partial charge in [0.05, 0.1) is 0 Å². The summed E-state index contributed by atoms with van der Waals surface area (Å²) in [4.78, 5) is 12.5. The van der Waals surface area contributed by atoms with Crippen molar-refractivity contribution < 1.29 is 9.53 Å². The van der Waals surface area contributed by atoms with E-state index < -0.39 is 6.10 Å². The molecule has 1 amide bonds. The van der Waals surface area contributed by atoms with Gasteiger partial charge in [0.15, 0.2) is 6.10 Å². The van der Waals surface area contributed by atoms with Crippen LogP contribution in [-0.2, 0) is 16.6 Å². The van der Waals surface area contributed by atoms with Crippen molar-refractivity contribution in [1.29, 1.82) is 0 Å². The van der Waals surface area contributed by atoms with Gasteiger partial charge in [0.25, 0.3) is 5.91 Å². The van der Waals surface area contributed by atoms with Crippen molar-refractivity contribution in [2.75, 3.05) is 5.32 Å². The number of amides is 1. The highest BCUT2D eigenvalue weighted by Crippen LogP contribution is 2.25. The standard InChI is InChI=1S/C22H29NO2/c1-6-16-8-12-18(13-9-16)23-21(24)20(7-2)25-19-14-10-17(11-15-19)22(3,4)5/h8-15,20H,6-7H2,1-5H3,(H,23,24)/t20-/m0/s1. The van der Waals surface area contributed by atoms with Crippen molar-refractivity contribution in [3.05, 3.63) is 59.7 Å². The molecule has 0 aromatic heterocycles. The Morgan fingerprint density at radius 3 is 2.08 bits per heavy atom. The molecule has 0 aliphatic rings. The van der Waals surface area contributed by atoms with E-state index in [1.54, 1.807) is 0 Å². The molecule has 3 heteroatoms. The fourth-order valence-corrected chi connectivity index (χ4v) is 2.57. The molecule has 1 N–H and O–H groups in total. The zero-order valence-electron chi connectivity index (χ0n) is 15.9. The Labute approximate surface area is 151 Å². The van der Waals surface area contributed by atoms with Gasteiger partial charge in [-0.1, -0.05) is 58.9 Å². The topological polar surface area (TPSA) is 38.3 Å². The van der Waals surface area contributed by atoms with E-state index in [4.69, 9.17) is 4.74 Å². The van der Waals surface area contributed by atoms with Crippen LogP contribution in [0.5, 0.6) is 5.75 Å². The Hall–Kier alpha value is -2.29. The first kappa shape index (κ1) is 19.0. The van der Waals surface area contributed by atoms with Crippen molar-refractivity contribution in [3.63, 3.8) is 0 Å². The van der Waals surface area contributed by atoms with Crippen molar-refractivity contribution in [3.8, 4) is 5.75 Å². The molecule has 134 valence electrons. The minimum Gasteiger partial charge on any atom is -0.481 e. The second-order valence-electron chi connectivity index (χ2n) is 7.33. The Balaban J connectivity index is 2.01. The van der Waals surface area contributed by atoms with Crippen molar-refractivity contribution in [2.45, 2.75) is 59.0 Å². The highest BCUT2D eigenvalue weighted by atomic mass is 16.5. The minimum absolute atomic E-state index is 0.102. The van der Waals surface area contributed by atoms with Gasteiger partial charge in [0, 0.05) is 5.69 Å². The van der Waals surface area contributed by atoms with Gasteiger partial charge in [-0.3, -0.25) is 4.79 Å². The number of anilines is 1. The van der Waals surface area contributed by atoms with Gasteiger partial charge >= 0.3 is 0 Å². The lowest BCUT2D eigenvalue weighted by Crippen LogP contribution is -2.32. The lowest BCUT2D eigenvalue weighted by atomic mass is 9.87. The molecule has 2 aromatic carbocycles. The summed E-state index contributed by atoms with van der Waals surface area (Å²) >= 11 is 0. The van der Waals surface area contributed by atoms with Gasteiger partial charge in [0.1, 0.15) is 5.75 Å². The third-order valence-electron chi connectivity index (χ3n) is 4.29. The Morgan fingerprint density at radius 1 is 1.00 bits per heavy atom. The zero-order chi connectivity index (χ0) is 18.4. The van der Waals surface area contributed by atoms with Gasteiger partial charge in [-0.05, 0) is 53.6 Å². The third kappa shape index (κ3) is 5.35. The highest BCUT2D eigenvalue weighted by Gasteiger charge is 2.19. The summed E-state index contributed by atoms with van der Waals surface area (Å²) in [6, 6.07) is 15.9. The number of ether oxygens (including phenoxy) is 1. The normalized spacial score (nSPS) is 12.5. The maximum absolute atomic E-state index is 12.5. The summed E-state index contributed by atoms with van der Waals surface area (Å²) in [5.74, 6) is 0.600. The Bertz CT molecular complexity index is 681. The number of carbonyl (C=O) groups excluding carboxylic acids is 1. The molecule has 25 heavy (non-hydrogen) atoms. The van der Waals surface area contributed by atoms with Crippen LogP contribution in [0.1, 0.15) is 52.2 Å². The average Bonchev–Trinajstić information content (AvgIpc) is 2.60. The quantitative estimate of drug-likeness (QED) is 0.771. The van der Waals surface area contributed by atoms with Gasteiger partial charge < -0.3 is 10.1 Å². The van der Waals surface area contributed by atoms with Crippen molar-refractivity contribution >= 4 is 11.6 Å². The first-order valence-corrected chi connectivity index (χ1v) is 9.00. The predicted molar refractivity (Wildman–Crippen MR) is 104 cm³/mol. The van der Waals surface area contributed by atoms with Gasteiger partial charge in [-0.15, -0.1) is 0 Å². The minimum atomic E-state index is -0.508. The van der Waals surface area contributed by atoms with E-state index >= 15 is 0 Å². The maximum Gasteiger partial charge on any atom is 0.265 e. The average molecular weight is 339 g/mol. The molecule has 0 saturated heterocycles. The lowest BCUT2D eigenvalue weighted by molar-refractivity contribution is -0.122. The lowest BCUT2D eigenvalue weighted by Gasteiger charge is -2.21. The molecule has 0 unspecified atom stereocenters. The van der Waals surface area contributed by atoms with Crippen LogP contribution < -0.4 is 10.1 Å². The highest BCUT2D eigenvalue weighted by molar-refractivity contribution is 5.94. The van der Waals surface area contributed by atoms with Gasteiger partial charge in [0.2, 0.25) is 0 Å². The number of nitrogens with one attached hydrogen (secondary N) is 1. The van der Waals surface area contributed by atoms with Crippen LogP contribution >= 0.6 is 0 Å².